The maximum absolute atomic E-state index is 12.7. The fourth-order valence-electron chi connectivity index (χ4n) is 1.91. The van der Waals surface area contributed by atoms with Crippen molar-refractivity contribution in [2.45, 2.75) is 18.4 Å². The van der Waals surface area contributed by atoms with Crippen molar-refractivity contribution in [1.29, 1.82) is 0 Å². The van der Waals surface area contributed by atoms with Crippen molar-refractivity contribution in [1.82, 2.24) is 5.32 Å². The molecule has 1 heterocycles. The third-order valence-electron chi connectivity index (χ3n) is 2.77. The van der Waals surface area contributed by atoms with E-state index in [2.05, 4.69) is 5.32 Å². The second kappa shape index (κ2) is 3.98. The Morgan fingerprint density at radius 2 is 2.07 bits per heavy atom. The molecular formula is C11H12FNO2. The number of carbonyl (C=O) groups is 1. The summed E-state index contributed by atoms with van der Waals surface area (Å²) in [4.78, 5) is 10.7. The van der Waals surface area contributed by atoms with E-state index in [9.17, 15) is 9.18 Å². The average Bonchev–Trinajstić information content (AvgIpc) is 2.68. The summed E-state index contributed by atoms with van der Waals surface area (Å²) < 4.78 is 12.7. The monoisotopic (exact) mass is 209 g/mol. The Labute approximate surface area is 86.9 Å². The second-order valence-electron chi connectivity index (χ2n) is 3.78. The number of benzene rings is 1. The minimum atomic E-state index is -0.820. The number of rotatable bonds is 2. The molecule has 0 aliphatic carbocycles. The van der Waals surface area contributed by atoms with Gasteiger partial charge in [-0.1, -0.05) is 12.1 Å². The number of carboxylic acids is 1. The van der Waals surface area contributed by atoms with Gasteiger partial charge < -0.3 is 10.4 Å². The van der Waals surface area contributed by atoms with Gasteiger partial charge >= 0.3 is 5.97 Å². The highest BCUT2D eigenvalue weighted by Gasteiger charge is 2.29. The number of halogens is 1. The maximum Gasteiger partial charge on any atom is 0.320 e. The van der Waals surface area contributed by atoms with Crippen molar-refractivity contribution in [3.05, 3.63) is 35.6 Å². The molecule has 4 heteroatoms. The summed E-state index contributed by atoms with van der Waals surface area (Å²) in [6.45, 7) is 0.641. The molecule has 0 spiro atoms. The lowest BCUT2D eigenvalue weighted by Gasteiger charge is -2.08. The molecule has 1 fully saturated rings. The van der Waals surface area contributed by atoms with Crippen LogP contribution in [0.4, 0.5) is 4.39 Å². The minimum absolute atomic E-state index is 0.173. The lowest BCUT2D eigenvalue weighted by molar-refractivity contribution is -0.139. The number of carboxylic acid groups (broad SMARTS) is 1. The molecule has 0 aromatic heterocycles. The lowest BCUT2D eigenvalue weighted by Crippen LogP contribution is -2.29. The summed E-state index contributed by atoms with van der Waals surface area (Å²) in [5.41, 5.74) is 0.993. The number of nitrogens with one attached hydrogen (secondary N) is 1. The van der Waals surface area contributed by atoms with E-state index in [-0.39, 0.29) is 11.7 Å². The van der Waals surface area contributed by atoms with Crippen molar-refractivity contribution in [2.24, 2.45) is 0 Å². The first kappa shape index (κ1) is 10.1. The first-order chi connectivity index (χ1) is 7.16. The van der Waals surface area contributed by atoms with E-state index in [0.29, 0.717) is 13.0 Å². The summed E-state index contributed by atoms with van der Waals surface area (Å²) in [5, 5.41) is 11.7. The van der Waals surface area contributed by atoms with Gasteiger partial charge in [0.2, 0.25) is 0 Å². The molecule has 1 aliphatic heterocycles. The number of aliphatic carboxylic acids is 1. The Morgan fingerprint density at radius 1 is 1.40 bits per heavy atom. The molecule has 0 bridgehead atoms. The average molecular weight is 209 g/mol. The topological polar surface area (TPSA) is 49.3 Å². The summed E-state index contributed by atoms with van der Waals surface area (Å²) >= 11 is 0. The van der Waals surface area contributed by atoms with Crippen molar-refractivity contribution in [3.63, 3.8) is 0 Å². The second-order valence-corrected chi connectivity index (χ2v) is 3.78. The van der Waals surface area contributed by atoms with E-state index in [1.165, 1.54) is 12.1 Å². The smallest absolute Gasteiger partial charge is 0.320 e. The lowest BCUT2D eigenvalue weighted by atomic mass is 9.96. The predicted molar refractivity (Wildman–Crippen MR) is 53.2 cm³/mol. The van der Waals surface area contributed by atoms with Gasteiger partial charge in [-0.3, -0.25) is 4.79 Å². The minimum Gasteiger partial charge on any atom is -0.480 e. The molecule has 1 aliphatic rings. The van der Waals surface area contributed by atoms with Crippen LogP contribution in [0.15, 0.2) is 24.3 Å². The van der Waals surface area contributed by atoms with Crippen molar-refractivity contribution in [2.75, 3.05) is 6.54 Å². The molecule has 2 unspecified atom stereocenters. The SMILES string of the molecule is O=C(O)C1CC(c2ccc(F)cc2)CN1. The standard InChI is InChI=1S/C11H12FNO2/c12-9-3-1-7(2-4-9)8-5-10(11(14)15)13-6-8/h1-4,8,10,13H,5-6H2,(H,14,15). The van der Waals surface area contributed by atoms with E-state index in [4.69, 9.17) is 5.11 Å². The molecule has 80 valence electrons. The molecular weight excluding hydrogens is 197 g/mol. The zero-order valence-electron chi connectivity index (χ0n) is 8.11. The Morgan fingerprint density at radius 3 is 2.60 bits per heavy atom. The van der Waals surface area contributed by atoms with Crippen molar-refractivity contribution < 1.29 is 14.3 Å². The molecule has 2 N–H and O–H groups in total. The van der Waals surface area contributed by atoms with Crippen molar-refractivity contribution in [3.8, 4) is 0 Å². The van der Waals surface area contributed by atoms with Gasteiger partial charge in [-0.15, -0.1) is 0 Å². The van der Waals surface area contributed by atoms with Crippen LogP contribution in [0.25, 0.3) is 0 Å². The summed E-state index contributed by atoms with van der Waals surface area (Å²) in [6, 6.07) is 5.77. The quantitative estimate of drug-likeness (QED) is 0.773. The van der Waals surface area contributed by atoms with Gasteiger partial charge in [0.05, 0.1) is 0 Å². The van der Waals surface area contributed by atoms with E-state index in [0.717, 1.165) is 5.56 Å². The van der Waals surface area contributed by atoms with Crippen LogP contribution in [0.2, 0.25) is 0 Å². The van der Waals surface area contributed by atoms with Crippen LogP contribution in [0.5, 0.6) is 0 Å². The van der Waals surface area contributed by atoms with E-state index in [1.54, 1.807) is 12.1 Å². The van der Waals surface area contributed by atoms with Crippen LogP contribution >= 0.6 is 0 Å². The molecule has 1 saturated heterocycles. The molecule has 0 saturated carbocycles. The summed E-state index contributed by atoms with van der Waals surface area (Å²) in [5.74, 6) is -0.911. The first-order valence-electron chi connectivity index (χ1n) is 4.88. The highest BCUT2D eigenvalue weighted by atomic mass is 19.1. The van der Waals surface area contributed by atoms with Crippen LogP contribution in [0.1, 0.15) is 17.9 Å². The van der Waals surface area contributed by atoms with Gasteiger partial charge in [-0.2, -0.15) is 0 Å². The molecule has 1 aromatic carbocycles. The highest BCUT2D eigenvalue weighted by molar-refractivity contribution is 5.74. The molecule has 15 heavy (non-hydrogen) atoms. The van der Waals surface area contributed by atoms with Crippen LogP contribution in [0.3, 0.4) is 0 Å². The molecule has 2 atom stereocenters. The van der Waals surface area contributed by atoms with Gasteiger partial charge in [-0.25, -0.2) is 4.39 Å². The summed E-state index contributed by atoms with van der Waals surface area (Å²) in [7, 11) is 0. The van der Waals surface area contributed by atoms with E-state index in [1.807, 2.05) is 0 Å². The molecule has 0 radical (unpaired) electrons. The fraction of sp³-hybridized carbons (Fsp3) is 0.364. The molecule has 1 aromatic rings. The van der Waals surface area contributed by atoms with E-state index < -0.39 is 12.0 Å². The van der Waals surface area contributed by atoms with Gasteiger partial charge in [0.15, 0.2) is 0 Å². The van der Waals surface area contributed by atoms with E-state index >= 15 is 0 Å². The Balaban J connectivity index is 2.07. The molecule has 2 rings (SSSR count). The van der Waals surface area contributed by atoms with Gasteiger partial charge in [0, 0.05) is 6.54 Å². The first-order valence-corrected chi connectivity index (χ1v) is 4.88. The van der Waals surface area contributed by atoms with Crippen LogP contribution in [-0.4, -0.2) is 23.7 Å². The van der Waals surface area contributed by atoms with Crippen LogP contribution in [0, 0.1) is 5.82 Å². The zero-order valence-corrected chi connectivity index (χ0v) is 8.11. The van der Waals surface area contributed by atoms with Crippen LogP contribution < -0.4 is 5.32 Å². The van der Waals surface area contributed by atoms with Crippen LogP contribution in [-0.2, 0) is 4.79 Å². The van der Waals surface area contributed by atoms with Gasteiger partial charge in [0.25, 0.3) is 0 Å². The van der Waals surface area contributed by atoms with Crippen molar-refractivity contribution >= 4 is 5.97 Å². The third-order valence-corrected chi connectivity index (χ3v) is 2.77. The fourth-order valence-corrected chi connectivity index (χ4v) is 1.91. The number of hydrogen-bond acceptors (Lipinski definition) is 2. The zero-order chi connectivity index (χ0) is 10.8. The Bertz CT molecular complexity index is 363. The normalized spacial score (nSPS) is 25.4. The third kappa shape index (κ3) is 2.15. The maximum atomic E-state index is 12.7. The Hall–Kier alpha value is -1.42. The van der Waals surface area contributed by atoms with Gasteiger partial charge in [-0.05, 0) is 30.0 Å². The largest absolute Gasteiger partial charge is 0.480 e. The molecule has 0 amide bonds. The van der Waals surface area contributed by atoms with Gasteiger partial charge in [0.1, 0.15) is 11.9 Å². The summed E-state index contributed by atoms with van der Waals surface area (Å²) in [6.07, 6.45) is 0.570. The predicted octanol–water partition coefficient (Wildman–Crippen LogP) is 1.36. The highest BCUT2D eigenvalue weighted by Crippen LogP contribution is 2.25. The number of hydrogen-bond donors (Lipinski definition) is 2. The molecule has 3 nitrogen and oxygen atoms in total. The Kier molecular flexibility index (Phi) is 2.68.